The van der Waals surface area contributed by atoms with Crippen molar-refractivity contribution in [1.29, 1.82) is 0 Å². The Morgan fingerprint density at radius 3 is 2.19 bits per heavy atom. The van der Waals surface area contributed by atoms with Crippen LogP contribution in [-0.4, -0.2) is 68.1 Å². The first-order valence-corrected chi connectivity index (χ1v) is 14.6. The molecular weight excluding hydrogens is 616 g/mol. The van der Waals surface area contributed by atoms with Crippen LogP contribution in [0, 0.1) is 0 Å². The van der Waals surface area contributed by atoms with Crippen LogP contribution in [0.5, 0.6) is 5.75 Å². The van der Waals surface area contributed by atoms with Crippen molar-refractivity contribution in [2.24, 2.45) is 0 Å². The van der Waals surface area contributed by atoms with Crippen molar-refractivity contribution in [2.45, 2.75) is 58.8 Å². The van der Waals surface area contributed by atoms with Gasteiger partial charge in [-0.05, 0) is 75.7 Å². The number of para-hydroxylation sites is 2. The molecule has 0 fully saturated rings. The Kier molecular flexibility index (Phi) is 11.2. The van der Waals surface area contributed by atoms with E-state index in [0.29, 0.717) is 23.5 Å². The van der Waals surface area contributed by atoms with Crippen molar-refractivity contribution in [3.63, 3.8) is 0 Å². The SMILES string of the molecule is COc1ccc2cc(Br)ccc2c1CN(C=O)c1ccccc1N(C=O)CC(C)NC(=O)[C@H](C)N(C)C(=O)OC(C)(C)C. The highest BCUT2D eigenvalue weighted by molar-refractivity contribution is 9.10. The van der Waals surface area contributed by atoms with Crippen LogP contribution in [0.4, 0.5) is 16.2 Å². The van der Waals surface area contributed by atoms with Crippen molar-refractivity contribution in [3.05, 3.63) is 64.6 Å². The molecular formula is C32H39BrN4O6. The number of hydrogen-bond donors (Lipinski definition) is 1. The summed E-state index contributed by atoms with van der Waals surface area (Å²) in [4.78, 5) is 54.4. The Bertz CT molecular complexity index is 1470. The van der Waals surface area contributed by atoms with E-state index in [1.807, 2.05) is 30.3 Å². The van der Waals surface area contributed by atoms with E-state index in [-0.39, 0.29) is 13.1 Å². The van der Waals surface area contributed by atoms with Crippen LogP contribution in [-0.2, 0) is 25.7 Å². The van der Waals surface area contributed by atoms with Crippen LogP contribution < -0.4 is 19.9 Å². The Hall–Kier alpha value is -4.12. The van der Waals surface area contributed by atoms with E-state index in [0.717, 1.165) is 27.2 Å². The van der Waals surface area contributed by atoms with E-state index in [9.17, 15) is 19.2 Å². The summed E-state index contributed by atoms with van der Waals surface area (Å²) in [5.74, 6) is 0.234. The number of rotatable bonds is 12. The quantitative estimate of drug-likeness (QED) is 0.259. The molecule has 3 aromatic carbocycles. The van der Waals surface area contributed by atoms with Gasteiger partial charge in [0.2, 0.25) is 18.7 Å². The second-order valence-electron chi connectivity index (χ2n) is 11.3. The average Bonchev–Trinajstić information content (AvgIpc) is 2.96. The number of hydrogen-bond acceptors (Lipinski definition) is 6. The highest BCUT2D eigenvalue weighted by Crippen LogP contribution is 2.34. The maximum Gasteiger partial charge on any atom is 0.410 e. The largest absolute Gasteiger partial charge is 0.496 e. The van der Waals surface area contributed by atoms with Gasteiger partial charge in [-0.2, -0.15) is 0 Å². The van der Waals surface area contributed by atoms with Gasteiger partial charge >= 0.3 is 6.09 Å². The van der Waals surface area contributed by atoms with Gasteiger partial charge in [0.15, 0.2) is 0 Å². The average molecular weight is 656 g/mol. The van der Waals surface area contributed by atoms with Crippen molar-refractivity contribution in [2.75, 3.05) is 30.5 Å². The van der Waals surface area contributed by atoms with Crippen molar-refractivity contribution in [1.82, 2.24) is 10.2 Å². The van der Waals surface area contributed by atoms with Gasteiger partial charge in [-0.25, -0.2) is 4.79 Å². The number of amides is 4. The Labute approximate surface area is 261 Å². The molecule has 0 saturated carbocycles. The maximum atomic E-state index is 12.9. The number of fused-ring (bicyclic) bond motifs is 1. The number of likely N-dealkylation sites (N-methyl/N-ethyl adjacent to an activating group) is 1. The third kappa shape index (κ3) is 8.47. The van der Waals surface area contributed by atoms with E-state index in [1.54, 1.807) is 66.0 Å². The van der Waals surface area contributed by atoms with Gasteiger partial charge in [0.1, 0.15) is 17.4 Å². The number of halogens is 1. The highest BCUT2D eigenvalue weighted by Gasteiger charge is 2.28. The third-order valence-electron chi connectivity index (χ3n) is 6.85. The Morgan fingerprint density at radius 2 is 1.60 bits per heavy atom. The number of benzene rings is 3. The first-order chi connectivity index (χ1) is 20.3. The lowest BCUT2D eigenvalue weighted by Crippen LogP contribution is -2.51. The predicted octanol–water partition coefficient (Wildman–Crippen LogP) is 5.50. The van der Waals surface area contributed by atoms with Gasteiger partial charge in [-0.1, -0.05) is 40.2 Å². The lowest BCUT2D eigenvalue weighted by molar-refractivity contribution is -0.126. The molecule has 0 spiro atoms. The lowest BCUT2D eigenvalue weighted by Gasteiger charge is -2.30. The summed E-state index contributed by atoms with van der Waals surface area (Å²) in [6.07, 6.45) is 0.769. The van der Waals surface area contributed by atoms with Gasteiger partial charge in [0.05, 0.1) is 25.0 Å². The van der Waals surface area contributed by atoms with Gasteiger partial charge in [-0.3, -0.25) is 19.3 Å². The predicted molar refractivity (Wildman–Crippen MR) is 171 cm³/mol. The number of nitrogens with one attached hydrogen (secondary N) is 1. The molecule has 1 N–H and O–H groups in total. The maximum absolute atomic E-state index is 12.9. The number of nitrogens with zero attached hydrogens (tertiary/aromatic N) is 3. The Balaban J connectivity index is 1.82. The first-order valence-electron chi connectivity index (χ1n) is 13.8. The minimum atomic E-state index is -0.809. The number of anilines is 2. The van der Waals surface area contributed by atoms with Crippen LogP contribution in [0.1, 0.15) is 40.2 Å². The molecule has 43 heavy (non-hydrogen) atoms. The number of methoxy groups -OCH3 is 1. The fourth-order valence-corrected chi connectivity index (χ4v) is 4.95. The van der Waals surface area contributed by atoms with Crippen LogP contribution >= 0.6 is 15.9 Å². The summed E-state index contributed by atoms with van der Waals surface area (Å²) in [6, 6.07) is 15.5. The van der Waals surface area contributed by atoms with Crippen molar-refractivity contribution >= 4 is 62.9 Å². The second-order valence-corrected chi connectivity index (χ2v) is 12.2. The van der Waals surface area contributed by atoms with Gasteiger partial charge in [0, 0.05) is 29.7 Å². The summed E-state index contributed by atoms with van der Waals surface area (Å²) < 4.78 is 11.9. The van der Waals surface area contributed by atoms with Gasteiger partial charge in [-0.15, -0.1) is 0 Å². The molecule has 4 amide bonds. The lowest BCUT2D eigenvalue weighted by atomic mass is 10.0. The molecule has 230 valence electrons. The molecule has 0 bridgehead atoms. The molecule has 0 saturated heterocycles. The number of carbonyl (C=O) groups excluding carboxylic acids is 4. The molecule has 0 aliphatic rings. The van der Waals surface area contributed by atoms with Crippen LogP contribution in [0.3, 0.4) is 0 Å². The molecule has 3 aromatic rings. The summed E-state index contributed by atoms with van der Waals surface area (Å²) >= 11 is 3.51. The monoisotopic (exact) mass is 654 g/mol. The fraction of sp³-hybridized carbons (Fsp3) is 0.375. The molecule has 0 aliphatic heterocycles. The molecule has 3 rings (SSSR count). The van der Waals surface area contributed by atoms with E-state index in [4.69, 9.17) is 9.47 Å². The summed E-state index contributed by atoms with van der Waals surface area (Å²) in [5.41, 5.74) is 1.12. The topological polar surface area (TPSA) is 108 Å². The zero-order valence-corrected chi connectivity index (χ0v) is 27.2. The molecule has 11 heteroatoms. The normalized spacial score (nSPS) is 12.6. The molecule has 0 aromatic heterocycles. The summed E-state index contributed by atoms with van der Waals surface area (Å²) in [6.45, 7) is 8.92. The zero-order chi connectivity index (χ0) is 31.9. The zero-order valence-electron chi connectivity index (χ0n) is 25.6. The van der Waals surface area contributed by atoms with Crippen molar-refractivity contribution < 1.29 is 28.7 Å². The van der Waals surface area contributed by atoms with E-state index in [1.165, 1.54) is 21.7 Å². The van der Waals surface area contributed by atoms with E-state index < -0.39 is 29.7 Å². The van der Waals surface area contributed by atoms with Crippen molar-refractivity contribution in [3.8, 4) is 5.75 Å². The molecule has 0 aliphatic carbocycles. The van der Waals surface area contributed by atoms with Crippen LogP contribution in [0.2, 0.25) is 0 Å². The molecule has 0 radical (unpaired) electrons. The smallest absolute Gasteiger partial charge is 0.410 e. The Morgan fingerprint density at radius 1 is 0.977 bits per heavy atom. The molecule has 1 unspecified atom stereocenters. The van der Waals surface area contributed by atoms with Gasteiger partial charge < -0.3 is 24.6 Å². The summed E-state index contributed by atoms with van der Waals surface area (Å²) in [5, 5.41) is 4.78. The summed E-state index contributed by atoms with van der Waals surface area (Å²) in [7, 11) is 3.08. The second kappa shape index (κ2) is 14.4. The van der Waals surface area contributed by atoms with E-state index in [2.05, 4.69) is 21.2 Å². The highest BCUT2D eigenvalue weighted by atomic mass is 79.9. The first kappa shape index (κ1) is 33.4. The number of ether oxygens (including phenoxy) is 2. The fourth-order valence-electron chi connectivity index (χ4n) is 4.57. The van der Waals surface area contributed by atoms with Gasteiger partial charge in [0.25, 0.3) is 0 Å². The molecule has 2 atom stereocenters. The minimum absolute atomic E-state index is 0.118. The van der Waals surface area contributed by atoms with Crippen LogP contribution in [0.15, 0.2) is 59.1 Å². The van der Waals surface area contributed by atoms with Crippen LogP contribution in [0.25, 0.3) is 10.8 Å². The number of carbonyl (C=O) groups is 4. The third-order valence-corrected chi connectivity index (χ3v) is 7.35. The molecule has 0 heterocycles. The van der Waals surface area contributed by atoms with E-state index >= 15 is 0 Å². The molecule has 10 nitrogen and oxygen atoms in total. The standard InChI is InChI=1S/C32H39BrN4O6/c1-21(34-30(40)22(2)35(6)31(41)43-32(3,4)5)17-36(19-38)27-10-8-9-11-28(27)37(20-39)18-26-25-14-13-24(33)16-23(25)12-15-29(26)42-7/h8-16,19-22H,17-18H2,1-7H3,(H,34,40)/t21?,22-/m0/s1. The minimum Gasteiger partial charge on any atom is -0.496 e.